The maximum Gasteiger partial charge on any atom is 0.305 e. The third-order valence-corrected chi connectivity index (χ3v) is 19.5. The van der Waals surface area contributed by atoms with E-state index in [1.54, 1.807) is 0 Å². The van der Waals surface area contributed by atoms with Crippen LogP contribution in [-0.4, -0.2) is 47.4 Å². The number of hydrogen-bond donors (Lipinski definition) is 3. The first-order chi connectivity index (χ1) is 44.0. The second kappa shape index (κ2) is 78.8. The van der Waals surface area contributed by atoms with Gasteiger partial charge in [0.2, 0.25) is 5.91 Å². The molecule has 0 aliphatic rings. The highest BCUT2D eigenvalue weighted by molar-refractivity contribution is 5.76. The molecule has 0 aliphatic carbocycles. The van der Waals surface area contributed by atoms with Crippen LogP contribution in [0.1, 0.15) is 470 Å². The van der Waals surface area contributed by atoms with Crippen LogP contribution >= 0.6 is 0 Å². The van der Waals surface area contributed by atoms with E-state index in [1.807, 2.05) is 0 Å². The minimum absolute atomic E-state index is 0.0176. The predicted octanol–water partition coefficient (Wildman–Crippen LogP) is 27.2. The summed E-state index contributed by atoms with van der Waals surface area (Å²) in [4.78, 5) is 24.7. The number of amides is 1. The maximum atomic E-state index is 12.6. The lowest BCUT2D eigenvalue weighted by atomic mass is 10.0. The molecule has 0 saturated carbocycles. The molecule has 0 aromatic heterocycles. The van der Waals surface area contributed by atoms with E-state index in [1.165, 1.54) is 392 Å². The van der Waals surface area contributed by atoms with Gasteiger partial charge in [-0.25, -0.2) is 0 Å². The molecule has 528 valence electrons. The van der Waals surface area contributed by atoms with E-state index in [0.29, 0.717) is 25.9 Å². The highest BCUT2D eigenvalue weighted by atomic mass is 16.5. The van der Waals surface area contributed by atoms with E-state index in [2.05, 4.69) is 43.5 Å². The Morgan fingerprint density at radius 1 is 0.315 bits per heavy atom. The van der Waals surface area contributed by atoms with Crippen LogP contribution in [0, 0.1) is 0 Å². The molecule has 6 heteroatoms. The molecule has 0 heterocycles. The molecular formula is C83H161NO5. The fourth-order valence-electron chi connectivity index (χ4n) is 13.3. The predicted molar refractivity (Wildman–Crippen MR) is 393 cm³/mol. The molecule has 0 aromatic rings. The van der Waals surface area contributed by atoms with Crippen molar-refractivity contribution in [3.63, 3.8) is 0 Å². The maximum absolute atomic E-state index is 12.6. The molecule has 0 bridgehead atoms. The van der Waals surface area contributed by atoms with Gasteiger partial charge in [0.05, 0.1) is 25.4 Å². The van der Waals surface area contributed by atoms with E-state index in [4.69, 9.17) is 4.74 Å². The first-order valence-corrected chi connectivity index (χ1v) is 41.1. The Kier molecular flexibility index (Phi) is 77.3. The molecule has 0 spiro atoms. The number of esters is 1. The fraction of sp³-hybridized carbons (Fsp3) is 0.928. The summed E-state index contributed by atoms with van der Waals surface area (Å²) in [5, 5.41) is 23.5. The molecule has 2 atom stereocenters. The van der Waals surface area contributed by atoms with Crippen LogP contribution < -0.4 is 5.32 Å². The van der Waals surface area contributed by atoms with Crippen LogP contribution in [-0.2, 0) is 14.3 Å². The molecule has 2 unspecified atom stereocenters. The van der Waals surface area contributed by atoms with Gasteiger partial charge in [-0.3, -0.25) is 9.59 Å². The average Bonchev–Trinajstić information content (AvgIpc) is 3.58. The van der Waals surface area contributed by atoms with E-state index < -0.39 is 12.1 Å². The molecule has 0 aliphatic heterocycles. The normalized spacial score (nSPS) is 12.5. The number of allylic oxidation sites excluding steroid dienone is 4. The fourth-order valence-corrected chi connectivity index (χ4v) is 13.3. The minimum Gasteiger partial charge on any atom is -0.466 e. The van der Waals surface area contributed by atoms with Crippen LogP contribution in [0.4, 0.5) is 0 Å². The summed E-state index contributed by atoms with van der Waals surface area (Å²) < 4.78 is 5.50. The molecule has 0 aromatic carbocycles. The quantitative estimate of drug-likeness (QED) is 0.0320. The van der Waals surface area contributed by atoms with Gasteiger partial charge >= 0.3 is 5.97 Å². The average molecular weight is 1250 g/mol. The van der Waals surface area contributed by atoms with Gasteiger partial charge < -0.3 is 20.3 Å². The molecule has 1 amide bonds. The molecular weight excluding hydrogens is 1090 g/mol. The second-order valence-electron chi connectivity index (χ2n) is 28.5. The SMILES string of the molecule is CCCCCCCCCCCCCCCCCCCCCCCCCCCC(O)C(CO)NC(=O)CCCCCCCCCCCCCCCCCCC/C=C\C/C=C\CCCCCCCCCCCOC(=O)CCCCCCCCCCCCCCCC. The molecule has 3 N–H and O–H groups in total. The summed E-state index contributed by atoms with van der Waals surface area (Å²) in [7, 11) is 0. The van der Waals surface area contributed by atoms with Crippen molar-refractivity contribution in [2.75, 3.05) is 13.2 Å². The van der Waals surface area contributed by atoms with Gasteiger partial charge in [-0.15, -0.1) is 0 Å². The van der Waals surface area contributed by atoms with E-state index in [9.17, 15) is 19.8 Å². The molecule has 0 fully saturated rings. The number of rotatable bonds is 78. The first kappa shape index (κ1) is 87.3. The Hall–Kier alpha value is -1.66. The van der Waals surface area contributed by atoms with Crippen molar-refractivity contribution >= 4 is 11.9 Å². The number of aliphatic hydroxyl groups is 2. The zero-order valence-corrected chi connectivity index (χ0v) is 60.7. The van der Waals surface area contributed by atoms with Crippen molar-refractivity contribution in [3.05, 3.63) is 24.3 Å². The zero-order chi connectivity index (χ0) is 64.2. The second-order valence-corrected chi connectivity index (χ2v) is 28.5. The number of carbonyl (C=O) groups excluding carboxylic acids is 2. The van der Waals surface area contributed by atoms with Crippen LogP contribution in [0.2, 0.25) is 0 Å². The summed E-state index contributed by atoms with van der Waals surface area (Å²) in [6.45, 7) is 5.01. The van der Waals surface area contributed by atoms with Crippen LogP contribution in [0.15, 0.2) is 24.3 Å². The van der Waals surface area contributed by atoms with Crippen LogP contribution in [0.25, 0.3) is 0 Å². The topological polar surface area (TPSA) is 95.9 Å². The Balaban J connectivity index is 3.37. The van der Waals surface area contributed by atoms with E-state index in [-0.39, 0.29) is 18.5 Å². The lowest BCUT2D eigenvalue weighted by Crippen LogP contribution is -2.45. The van der Waals surface area contributed by atoms with Gasteiger partial charge in [0.1, 0.15) is 0 Å². The zero-order valence-electron chi connectivity index (χ0n) is 60.7. The molecule has 89 heavy (non-hydrogen) atoms. The van der Waals surface area contributed by atoms with Crippen molar-refractivity contribution in [1.82, 2.24) is 5.32 Å². The van der Waals surface area contributed by atoms with Gasteiger partial charge in [0, 0.05) is 12.8 Å². The molecule has 0 saturated heterocycles. The summed E-state index contributed by atoms with van der Waals surface area (Å²) in [5.41, 5.74) is 0. The number of aliphatic hydroxyl groups excluding tert-OH is 2. The molecule has 6 nitrogen and oxygen atoms in total. The minimum atomic E-state index is -0.665. The third-order valence-electron chi connectivity index (χ3n) is 19.5. The van der Waals surface area contributed by atoms with Gasteiger partial charge in [-0.1, -0.05) is 423 Å². The lowest BCUT2D eigenvalue weighted by molar-refractivity contribution is -0.143. The number of ether oxygens (including phenoxy) is 1. The third kappa shape index (κ3) is 75.3. The van der Waals surface area contributed by atoms with Gasteiger partial charge in [-0.05, 0) is 57.8 Å². The van der Waals surface area contributed by atoms with Gasteiger partial charge in [0.15, 0.2) is 0 Å². The Labute approximate surface area is 558 Å². The smallest absolute Gasteiger partial charge is 0.305 e. The van der Waals surface area contributed by atoms with E-state index >= 15 is 0 Å². The monoisotopic (exact) mass is 1250 g/mol. The number of nitrogens with one attached hydrogen (secondary N) is 1. The van der Waals surface area contributed by atoms with Gasteiger partial charge in [0.25, 0.3) is 0 Å². The van der Waals surface area contributed by atoms with Crippen molar-refractivity contribution in [3.8, 4) is 0 Å². The van der Waals surface area contributed by atoms with E-state index in [0.717, 1.165) is 44.9 Å². The summed E-state index contributed by atoms with van der Waals surface area (Å²) in [6, 6.07) is -0.542. The van der Waals surface area contributed by atoms with Crippen molar-refractivity contribution in [2.24, 2.45) is 0 Å². The Morgan fingerprint density at radius 2 is 0.562 bits per heavy atom. The van der Waals surface area contributed by atoms with Crippen molar-refractivity contribution in [1.29, 1.82) is 0 Å². The summed E-state index contributed by atoms with van der Waals surface area (Å²) >= 11 is 0. The summed E-state index contributed by atoms with van der Waals surface area (Å²) in [5.74, 6) is -0.00938. The standard InChI is InChI=1S/C83H161NO5/c1-3-5-7-9-11-13-15-17-19-20-21-22-23-33-36-39-42-45-48-51-55-59-63-67-71-75-81(86)80(79-85)84-82(87)76-72-68-64-60-56-52-49-46-43-40-37-34-31-29-27-25-24-26-28-30-32-35-38-41-44-47-50-54-58-62-66-70-74-78-89-83(88)77-73-69-65-61-57-53-18-16-14-12-10-8-6-4-2/h28,30,35,38,80-81,85-86H,3-27,29,31-34,36-37,39-79H2,1-2H3,(H,84,87)/b30-28-,38-35-. The first-order valence-electron chi connectivity index (χ1n) is 41.1. The summed E-state index contributed by atoms with van der Waals surface area (Å²) in [6.07, 6.45) is 101. The highest BCUT2D eigenvalue weighted by Crippen LogP contribution is 2.20. The van der Waals surface area contributed by atoms with Crippen molar-refractivity contribution in [2.45, 2.75) is 482 Å². The van der Waals surface area contributed by atoms with Crippen LogP contribution in [0.5, 0.6) is 0 Å². The largest absolute Gasteiger partial charge is 0.466 e. The van der Waals surface area contributed by atoms with Gasteiger partial charge in [-0.2, -0.15) is 0 Å². The number of carbonyl (C=O) groups is 2. The van der Waals surface area contributed by atoms with Crippen LogP contribution in [0.3, 0.4) is 0 Å². The lowest BCUT2D eigenvalue weighted by Gasteiger charge is -2.22. The Morgan fingerprint density at radius 3 is 0.854 bits per heavy atom. The highest BCUT2D eigenvalue weighted by Gasteiger charge is 2.20. The molecule has 0 rings (SSSR count). The number of unbranched alkanes of at least 4 members (excludes halogenated alkanes) is 63. The Bertz CT molecular complexity index is 1400. The van der Waals surface area contributed by atoms with Crippen molar-refractivity contribution < 1.29 is 24.5 Å². The number of hydrogen-bond acceptors (Lipinski definition) is 5. The molecule has 0 radical (unpaired) electrons.